The highest BCUT2D eigenvalue weighted by Crippen LogP contribution is 2.75. The number of nitrogens with two attached hydrogens (primary N) is 1. The van der Waals surface area contributed by atoms with E-state index in [4.69, 9.17) is 20.0 Å². The number of hydrogen-bond donors (Lipinski definition) is 1. The lowest BCUT2D eigenvalue weighted by Gasteiger charge is -2.74. The lowest BCUT2D eigenvalue weighted by atomic mass is 9.31. The summed E-state index contributed by atoms with van der Waals surface area (Å²) in [7, 11) is -0.402. The van der Waals surface area contributed by atoms with E-state index in [2.05, 4.69) is 102 Å². The molecule has 0 amide bonds. The van der Waals surface area contributed by atoms with Crippen molar-refractivity contribution in [3.63, 3.8) is 0 Å². The minimum absolute atomic E-state index is 0.0811. The predicted molar refractivity (Wildman–Crippen MR) is 210 cm³/mol. The van der Waals surface area contributed by atoms with Gasteiger partial charge in [-0.15, -0.1) is 0 Å². The fraction of sp³-hybridized carbons (Fsp3) is 0.422. The second-order valence-corrected chi connectivity index (χ2v) is 17.7. The highest BCUT2D eigenvalue weighted by Gasteiger charge is 2.73. The molecule has 3 fully saturated rings. The number of rotatable bonds is 7. The number of aromatic nitrogens is 2. The molecule has 5 aromatic rings. The Kier molecular flexibility index (Phi) is 8.34. The monoisotopic (exact) mass is 713 g/mol. The van der Waals surface area contributed by atoms with Crippen molar-refractivity contribution in [3.05, 3.63) is 114 Å². The van der Waals surface area contributed by atoms with Crippen molar-refractivity contribution in [1.29, 1.82) is 0 Å². The fourth-order valence-corrected chi connectivity index (χ4v) is 10.2. The molecule has 0 bridgehead atoms. The zero-order valence-electron chi connectivity index (χ0n) is 32.0. The lowest BCUT2D eigenvalue weighted by Crippen LogP contribution is -2.75. The summed E-state index contributed by atoms with van der Waals surface area (Å²) in [6, 6.07) is 30.9. The maximum atomic E-state index is 14.0. The largest absolute Gasteiger partial charge is 0.494 e. The van der Waals surface area contributed by atoms with Crippen LogP contribution in [0.25, 0.3) is 33.3 Å². The molecule has 53 heavy (non-hydrogen) atoms. The summed E-state index contributed by atoms with van der Waals surface area (Å²) >= 11 is 0. The molecule has 2 atom stereocenters. The molecule has 2 saturated carbocycles. The number of halogens is 2. The van der Waals surface area contributed by atoms with Crippen LogP contribution in [0.5, 0.6) is 0 Å². The molecule has 3 heterocycles. The van der Waals surface area contributed by atoms with Crippen LogP contribution in [0.1, 0.15) is 104 Å². The van der Waals surface area contributed by atoms with E-state index in [-0.39, 0.29) is 21.9 Å². The van der Waals surface area contributed by atoms with Crippen molar-refractivity contribution in [1.82, 2.24) is 9.97 Å². The first-order valence-corrected chi connectivity index (χ1v) is 19.0. The van der Waals surface area contributed by atoms with Gasteiger partial charge in [-0.05, 0) is 93.1 Å². The van der Waals surface area contributed by atoms with Gasteiger partial charge >= 0.3 is 7.12 Å². The molecule has 8 rings (SSSR count). The van der Waals surface area contributed by atoms with E-state index in [9.17, 15) is 8.78 Å². The van der Waals surface area contributed by atoms with E-state index in [0.717, 1.165) is 59.1 Å². The Bertz CT molecular complexity index is 2150. The van der Waals surface area contributed by atoms with Gasteiger partial charge in [-0.25, -0.2) is 13.8 Å². The van der Waals surface area contributed by atoms with Crippen LogP contribution in [0.3, 0.4) is 0 Å². The van der Waals surface area contributed by atoms with Crippen LogP contribution in [0.4, 0.5) is 8.78 Å². The summed E-state index contributed by atoms with van der Waals surface area (Å²) in [5.41, 5.74) is 13.1. The topological polar surface area (TPSA) is 70.3 Å². The zero-order valence-corrected chi connectivity index (χ0v) is 32.0. The van der Waals surface area contributed by atoms with Crippen LogP contribution in [0, 0.1) is 10.8 Å². The van der Waals surface area contributed by atoms with E-state index in [1.54, 1.807) is 6.07 Å². The first kappa shape index (κ1) is 36.0. The summed E-state index contributed by atoms with van der Waals surface area (Å²) < 4.78 is 40.9. The lowest BCUT2D eigenvalue weighted by molar-refractivity contribution is -0.187. The second-order valence-electron chi connectivity index (χ2n) is 17.7. The number of alkyl halides is 2. The van der Waals surface area contributed by atoms with Crippen molar-refractivity contribution < 1.29 is 18.1 Å². The van der Waals surface area contributed by atoms with Gasteiger partial charge in [0.25, 0.3) is 6.43 Å². The van der Waals surface area contributed by atoms with Crippen LogP contribution in [0.2, 0.25) is 0 Å². The van der Waals surface area contributed by atoms with E-state index in [0.29, 0.717) is 10.9 Å². The van der Waals surface area contributed by atoms with Crippen molar-refractivity contribution >= 4 is 23.5 Å². The normalized spacial score (nSPS) is 24.6. The summed E-state index contributed by atoms with van der Waals surface area (Å²) in [5.74, 6) is 0. The van der Waals surface area contributed by atoms with E-state index in [1.165, 1.54) is 18.2 Å². The van der Waals surface area contributed by atoms with Crippen LogP contribution in [0.15, 0.2) is 97.2 Å². The van der Waals surface area contributed by atoms with Gasteiger partial charge < -0.3 is 15.0 Å². The van der Waals surface area contributed by atoms with Crippen molar-refractivity contribution in [2.75, 3.05) is 0 Å². The standard InChI is InChI=1S/C45H50BF2N3O2/c1-40(2,3)45(43(23-11-24-43)31-18-20-33(21-19-31)46-52-41(4,5)42(6,7)53-46)26-25-44(45,49)32-16-14-30(15-17-32)37-34(29-12-9-8-10-13-29)28-35-36(51-37)22-27-50-38(35)39(47)48/h8-10,12-22,27-28,39H,11,23-26,49H2,1-7H3. The van der Waals surface area contributed by atoms with Gasteiger partial charge in [-0.2, -0.15) is 0 Å². The van der Waals surface area contributed by atoms with E-state index >= 15 is 0 Å². The Hall–Kier alpha value is -3.98. The molecule has 0 radical (unpaired) electrons. The van der Waals surface area contributed by atoms with Gasteiger partial charge in [0, 0.05) is 39.1 Å². The number of pyridine rings is 2. The molecule has 2 unspecified atom stereocenters. The number of fused-ring (bicyclic) bond motifs is 1. The molecule has 1 aliphatic heterocycles. The average Bonchev–Trinajstić information content (AvgIpc) is 3.33. The number of hydrogen-bond acceptors (Lipinski definition) is 5. The molecule has 2 aromatic heterocycles. The molecule has 8 heteroatoms. The number of nitrogens with zero attached hydrogens (tertiary/aromatic N) is 2. The van der Waals surface area contributed by atoms with Crippen molar-refractivity contribution in [2.45, 2.75) is 109 Å². The maximum Gasteiger partial charge on any atom is 0.494 e. The third-order valence-electron chi connectivity index (χ3n) is 13.7. The fourth-order valence-electron chi connectivity index (χ4n) is 10.2. The summed E-state index contributed by atoms with van der Waals surface area (Å²) in [6.45, 7) is 15.5. The minimum Gasteiger partial charge on any atom is -0.399 e. The first-order valence-electron chi connectivity index (χ1n) is 19.0. The van der Waals surface area contributed by atoms with Gasteiger partial charge in [0.2, 0.25) is 0 Å². The molecule has 3 aliphatic rings. The van der Waals surface area contributed by atoms with Gasteiger partial charge in [-0.1, -0.05) is 106 Å². The maximum absolute atomic E-state index is 14.0. The predicted octanol–water partition coefficient (Wildman–Crippen LogP) is 10.3. The average molecular weight is 714 g/mol. The molecule has 5 nitrogen and oxygen atoms in total. The summed E-state index contributed by atoms with van der Waals surface area (Å²) in [5, 5.41) is 0.363. The molecule has 0 spiro atoms. The Morgan fingerprint density at radius 3 is 1.91 bits per heavy atom. The van der Waals surface area contributed by atoms with Crippen molar-refractivity contribution in [3.8, 4) is 22.4 Å². The summed E-state index contributed by atoms with van der Waals surface area (Å²) in [6.07, 6.45) is 4.00. The SMILES string of the molecule is CC(C)(C)C1(C2(c3ccc(B4OC(C)(C)C(C)(C)O4)cc3)CCC2)CCC1(N)c1ccc(-c2nc3ccnc(C(F)F)c3cc2-c2ccccc2)cc1. The quantitative estimate of drug-likeness (QED) is 0.170. The Morgan fingerprint density at radius 1 is 0.755 bits per heavy atom. The van der Waals surface area contributed by atoms with Crippen LogP contribution < -0.4 is 11.2 Å². The Labute approximate surface area is 312 Å². The van der Waals surface area contributed by atoms with Gasteiger partial charge in [0.05, 0.1) is 22.4 Å². The molecule has 1 saturated heterocycles. The minimum atomic E-state index is -2.70. The molecule has 3 aromatic carbocycles. The zero-order chi connectivity index (χ0) is 37.6. The molecular formula is C45H50BF2N3O2. The van der Waals surface area contributed by atoms with Crippen molar-refractivity contribution in [2.24, 2.45) is 16.6 Å². The summed E-state index contributed by atoms with van der Waals surface area (Å²) in [4.78, 5) is 8.99. The molecular weight excluding hydrogens is 663 g/mol. The smallest absolute Gasteiger partial charge is 0.399 e. The third kappa shape index (κ3) is 5.26. The Balaban J connectivity index is 1.18. The van der Waals surface area contributed by atoms with Crippen LogP contribution >= 0.6 is 0 Å². The molecule has 2 aliphatic carbocycles. The van der Waals surface area contributed by atoms with E-state index in [1.807, 2.05) is 36.4 Å². The highest BCUT2D eigenvalue weighted by atomic mass is 19.3. The van der Waals surface area contributed by atoms with Crippen LogP contribution in [-0.2, 0) is 20.3 Å². The van der Waals surface area contributed by atoms with Gasteiger partial charge in [-0.3, -0.25) is 4.98 Å². The van der Waals surface area contributed by atoms with Gasteiger partial charge in [0.1, 0.15) is 5.69 Å². The van der Waals surface area contributed by atoms with Gasteiger partial charge in [0.15, 0.2) is 0 Å². The first-order chi connectivity index (χ1) is 25.0. The number of benzene rings is 3. The Morgan fingerprint density at radius 2 is 1.38 bits per heavy atom. The highest BCUT2D eigenvalue weighted by molar-refractivity contribution is 6.62. The van der Waals surface area contributed by atoms with E-state index < -0.39 is 30.3 Å². The molecule has 2 N–H and O–H groups in total. The second kappa shape index (κ2) is 12.3. The third-order valence-corrected chi connectivity index (χ3v) is 13.7. The molecule has 274 valence electrons. The van der Waals surface area contributed by atoms with Crippen LogP contribution in [-0.4, -0.2) is 28.3 Å².